The second-order valence-corrected chi connectivity index (χ2v) is 7.92. The van der Waals surface area contributed by atoms with E-state index in [0.717, 1.165) is 18.8 Å². The molecule has 0 aliphatic carbocycles. The number of nitrogens with zero attached hydrogens (tertiary/aromatic N) is 5. The zero-order valence-electron chi connectivity index (χ0n) is 16.6. The van der Waals surface area contributed by atoms with Crippen LogP contribution in [0, 0.1) is 5.92 Å². The van der Waals surface area contributed by atoms with E-state index in [2.05, 4.69) is 25.5 Å². The number of nitrogens with one attached hydrogen (secondary N) is 1. The number of ether oxygens (including phenoxy) is 1. The zero-order valence-corrected chi connectivity index (χ0v) is 16.6. The summed E-state index contributed by atoms with van der Waals surface area (Å²) in [6.07, 6.45) is 8.33. The third-order valence-electron chi connectivity index (χ3n) is 6.11. The number of rotatable bonds is 7. The molecule has 152 valence electrons. The average molecular weight is 387 g/mol. The SMILES string of the molecule is COc1ccc2nnc(CCCC(=O)NC[C@H]3CCCN4CCCC[C@H]34)n2n1. The zero-order chi connectivity index (χ0) is 19.3. The van der Waals surface area contributed by atoms with Crippen LogP contribution in [0.3, 0.4) is 0 Å². The van der Waals surface area contributed by atoms with Crippen LogP contribution >= 0.6 is 0 Å². The van der Waals surface area contributed by atoms with Crippen LogP contribution in [0.15, 0.2) is 12.1 Å². The number of methoxy groups -OCH3 is 1. The van der Waals surface area contributed by atoms with E-state index in [1.807, 2.05) is 6.07 Å². The molecule has 0 spiro atoms. The largest absolute Gasteiger partial charge is 0.480 e. The highest BCUT2D eigenvalue weighted by Crippen LogP contribution is 2.30. The van der Waals surface area contributed by atoms with Gasteiger partial charge in [0, 0.05) is 31.5 Å². The Hall–Kier alpha value is -2.22. The Morgan fingerprint density at radius 2 is 2.11 bits per heavy atom. The Bertz CT molecular complexity index is 805. The Balaban J connectivity index is 1.24. The average Bonchev–Trinajstić information content (AvgIpc) is 3.14. The number of aryl methyl sites for hydroxylation is 1. The Morgan fingerprint density at radius 3 is 3.00 bits per heavy atom. The smallest absolute Gasteiger partial charge is 0.231 e. The van der Waals surface area contributed by atoms with Crippen molar-refractivity contribution in [2.24, 2.45) is 5.92 Å². The lowest BCUT2D eigenvalue weighted by atomic mass is 9.83. The minimum Gasteiger partial charge on any atom is -0.480 e. The molecule has 0 radical (unpaired) electrons. The van der Waals surface area contributed by atoms with E-state index in [1.54, 1.807) is 17.7 Å². The summed E-state index contributed by atoms with van der Waals surface area (Å²) in [5.74, 6) is 2.02. The molecule has 2 aromatic rings. The predicted molar refractivity (Wildman–Crippen MR) is 105 cm³/mol. The molecular formula is C20H30N6O2. The first-order chi connectivity index (χ1) is 13.7. The Labute approximate surface area is 165 Å². The van der Waals surface area contributed by atoms with Gasteiger partial charge in [0.15, 0.2) is 11.5 Å². The first-order valence-electron chi connectivity index (χ1n) is 10.5. The van der Waals surface area contributed by atoms with Crippen molar-refractivity contribution in [3.05, 3.63) is 18.0 Å². The van der Waals surface area contributed by atoms with Crippen molar-refractivity contribution in [1.82, 2.24) is 30.0 Å². The summed E-state index contributed by atoms with van der Waals surface area (Å²) in [5, 5.41) is 15.8. The van der Waals surface area contributed by atoms with E-state index in [1.165, 1.54) is 45.2 Å². The van der Waals surface area contributed by atoms with E-state index >= 15 is 0 Å². The van der Waals surface area contributed by atoms with E-state index in [9.17, 15) is 4.79 Å². The molecule has 2 fully saturated rings. The lowest BCUT2D eigenvalue weighted by Crippen LogP contribution is -2.50. The normalized spacial score (nSPS) is 22.8. The van der Waals surface area contributed by atoms with Crippen LogP contribution in [0.1, 0.15) is 50.8 Å². The second kappa shape index (κ2) is 8.86. The second-order valence-electron chi connectivity index (χ2n) is 7.92. The molecule has 2 aliphatic rings. The van der Waals surface area contributed by atoms with Crippen LogP contribution in [0.5, 0.6) is 5.88 Å². The van der Waals surface area contributed by atoms with Gasteiger partial charge in [-0.2, -0.15) is 4.52 Å². The topological polar surface area (TPSA) is 84.6 Å². The summed E-state index contributed by atoms with van der Waals surface area (Å²) in [5.41, 5.74) is 0.689. The predicted octanol–water partition coefficient (Wildman–Crippen LogP) is 1.84. The molecule has 4 rings (SSSR count). The van der Waals surface area contributed by atoms with Crippen LogP contribution in [0.25, 0.3) is 5.65 Å². The van der Waals surface area contributed by atoms with Crippen molar-refractivity contribution in [3.8, 4) is 5.88 Å². The molecule has 1 amide bonds. The third kappa shape index (κ3) is 4.27. The van der Waals surface area contributed by atoms with E-state index in [-0.39, 0.29) is 5.91 Å². The maximum Gasteiger partial charge on any atom is 0.231 e. The molecule has 2 saturated heterocycles. The van der Waals surface area contributed by atoms with Gasteiger partial charge in [-0.3, -0.25) is 4.79 Å². The molecule has 2 aliphatic heterocycles. The van der Waals surface area contributed by atoms with Gasteiger partial charge < -0.3 is 15.0 Å². The van der Waals surface area contributed by atoms with Crippen LogP contribution < -0.4 is 10.1 Å². The number of carbonyl (C=O) groups excluding carboxylic acids is 1. The Kier molecular flexibility index (Phi) is 6.04. The summed E-state index contributed by atoms with van der Waals surface area (Å²) in [6.45, 7) is 3.28. The monoisotopic (exact) mass is 386 g/mol. The molecule has 0 aromatic carbocycles. The quantitative estimate of drug-likeness (QED) is 0.782. The lowest BCUT2D eigenvalue weighted by molar-refractivity contribution is -0.121. The number of piperidine rings is 2. The molecular weight excluding hydrogens is 356 g/mol. The lowest BCUT2D eigenvalue weighted by Gasteiger charge is -2.44. The van der Waals surface area contributed by atoms with Gasteiger partial charge in [0.05, 0.1) is 7.11 Å². The van der Waals surface area contributed by atoms with Crippen molar-refractivity contribution in [1.29, 1.82) is 0 Å². The summed E-state index contributed by atoms with van der Waals surface area (Å²) in [7, 11) is 1.58. The number of hydrogen-bond donors (Lipinski definition) is 1. The number of aromatic nitrogens is 4. The third-order valence-corrected chi connectivity index (χ3v) is 6.11. The van der Waals surface area contributed by atoms with Gasteiger partial charge in [-0.1, -0.05) is 6.42 Å². The maximum absolute atomic E-state index is 12.3. The molecule has 1 N–H and O–H groups in total. The fourth-order valence-corrected chi connectivity index (χ4v) is 4.64. The maximum atomic E-state index is 12.3. The summed E-state index contributed by atoms with van der Waals surface area (Å²) in [4.78, 5) is 15.0. The van der Waals surface area contributed by atoms with Crippen molar-refractivity contribution in [2.75, 3.05) is 26.7 Å². The van der Waals surface area contributed by atoms with Crippen molar-refractivity contribution in [2.45, 2.75) is 57.4 Å². The Morgan fingerprint density at radius 1 is 1.21 bits per heavy atom. The molecule has 4 heterocycles. The molecule has 0 saturated carbocycles. The molecule has 28 heavy (non-hydrogen) atoms. The van der Waals surface area contributed by atoms with Crippen molar-refractivity contribution < 1.29 is 9.53 Å². The van der Waals surface area contributed by atoms with Crippen LogP contribution in [-0.4, -0.2) is 63.4 Å². The molecule has 2 aromatic heterocycles. The fraction of sp³-hybridized carbons (Fsp3) is 0.700. The number of amides is 1. The van der Waals surface area contributed by atoms with Crippen LogP contribution in [0.2, 0.25) is 0 Å². The van der Waals surface area contributed by atoms with E-state index < -0.39 is 0 Å². The molecule has 8 heteroatoms. The van der Waals surface area contributed by atoms with Gasteiger partial charge in [0.1, 0.15) is 0 Å². The van der Waals surface area contributed by atoms with Crippen molar-refractivity contribution >= 4 is 11.6 Å². The van der Waals surface area contributed by atoms with Gasteiger partial charge in [0.25, 0.3) is 0 Å². The molecule has 0 unspecified atom stereocenters. The van der Waals surface area contributed by atoms with Gasteiger partial charge in [-0.25, -0.2) is 0 Å². The minimum absolute atomic E-state index is 0.132. The van der Waals surface area contributed by atoms with Crippen LogP contribution in [0.4, 0.5) is 0 Å². The highest BCUT2D eigenvalue weighted by Gasteiger charge is 2.32. The highest BCUT2D eigenvalue weighted by atomic mass is 16.5. The van der Waals surface area contributed by atoms with Gasteiger partial charge in [0.2, 0.25) is 11.8 Å². The van der Waals surface area contributed by atoms with Gasteiger partial charge in [-0.15, -0.1) is 15.3 Å². The molecule has 2 atom stereocenters. The number of hydrogen-bond acceptors (Lipinski definition) is 6. The number of carbonyl (C=O) groups is 1. The summed E-state index contributed by atoms with van der Waals surface area (Å²) in [6, 6.07) is 4.26. The number of fused-ring (bicyclic) bond motifs is 2. The van der Waals surface area contributed by atoms with Gasteiger partial charge >= 0.3 is 0 Å². The summed E-state index contributed by atoms with van der Waals surface area (Å²) < 4.78 is 6.85. The first-order valence-corrected chi connectivity index (χ1v) is 10.5. The summed E-state index contributed by atoms with van der Waals surface area (Å²) >= 11 is 0. The fourth-order valence-electron chi connectivity index (χ4n) is 4.64. The molecule has 8 nitrogen and oxygen atoms in total. The standard InChI is InChI=1S/C20H30N6O2/c1-28-20-11-10-18-23-22-17(26(18)24-20)8-4-9-19(27)21-14-15-6-5-13-25-12-3-2-7-16(15)25/h10-11,15-16H,2-9,12-14H2,1H3,(H,21,27)/t15-,16-/m1/s1. The highest BCUT2D eigenvalue weighted by molar-refractivity contribution is 5.75. The van der Waals surface area contributed by atoms with Gasteiger partial charge in [-0.05, 0) is 57.2 Å². The van der Waals surface area contributed by atoms with E-state index in [0.29, 0.717) is 36.3 Å². The van der Waals surface area contributed by atoms with Crippen molar-refractivity contribution in [3.63, 3.8) is 0 Å². The first kappa shape index (κ1) is 19.1. The van der Waals surface area contributed by atoms with Crippen LogP contribution in [-0.2, 0) is 11.2 Å². The van der Waals surface area contributed by atoms with E-state index in [4.69, 9.17) is 4.74 Å². The minimum atomic E-state index is 0.132. The molecule has 0 bridgehead atoms.